The molecule has 1 saturated carbocycles. The summed E-state index contributed by atoms with van der Waals surface area (Å²) in [5.41, 5.74) is 9.69. The first-order valence-corrected chi connectivity index (χ1v) is 11.7. The van der Waals surface area contributed by atoms with E-state index < -0.39 is 12.0 Å². The summed E-state index contributed by atoms with van der Waals surface area (Å²) in [7, 11) is 0. The number of aliphatic carboxylic acids is 1. The lowest BCUT2D eigenvalue weighted by Gasteiger charge is -2.34. The van der Waals surface area contributed by atoms with Gasteiger partial charge in [-0.05, 0) is 29.5 Å². The molecule has 0 aromatic heterocycles. The molecule has 160 valence electrons. The van der Waals surface area contributed by atoms with Crippen molar-refractivity contribution in [2.75, 3.05) is 12.3 Å². The van der Waals surface area contributed by atoms with Crippen LogP contribution in [0.1, 0.15) is 37.7 Å². The number of carbonyl (C=O) groups excluding carboxylic acids is 1. The van der Waals surface area contributed by atoms with Gasteiger partial charge >= 0.3 is 5.97 Å². The number of thioether (sulfide) groups is 1. The maximum Gasteiger partial charge on any atom is 0.323 e. The van der Waals surface area contributed by atoms with E-state index in [1.807, 2.05) is 18.2 Å². The molecule has 0 spiro atoms. The Bertz CT molecular complexity index is 820. The molecule has 5 nitrogen and oxygen atoms in total. The monoisotopic (exact) mass is 426 g/mol. The summed E-state index contributed by atoms with van der Waals surface area (Å²) in [6, 6.07) is 18.0. The molecule has 2 aromatic carbocycles. The van der Waals surface area contributed by atoms with Crippen molar-refractivity contribution in [1.29, 1.82) is 0 Å². The van der Waals surface area contributed by atoms with Gasteiger partial charge in [-0.15, -0.1) is 0 Å². The molecular formula is C24H30N2O3S. The average molecular weight is 427 g/mol. The van der Waals surface area contributed by atoms with Gasteiger partial charge in [0.25, 0.3) is 0 Å². The third-order valence-corrected chi connectivity index (χ3v) is 6.68. The van der Waals surface area contributed by atoms with Crippen LogP contribution in [0.15, 0.2) is 54.6 Å². The maximum absolute atomic E-state index is 12.8. The minimum atomic E-state index is -0.979. The van der Waals surface area contributed by atoms with Crippen molar-refractivity contribution in [2.45, 2.75) is 49.9 Å². The molecule has 2 aromatic rings. The van der Waals surface area contributed by atoms with Gasteiger partial charge in [-0.2, -0.15) is 11.8 Å². The van der Waals surface area contributed by atoms with Crippen LogP contribution in [0.5, 0.6) is 0 Å². The summed E-state index contributed by atoms with van der Waals surface area (Å²) in [6.45, 7) is -0.261. The molecule has 0 unspecified atom stereocenters. The lowest BCUT2D eigenvalue weighted by atomic mass is 9.93. The zero-order chi connectivity index (χ0) is 21.3. The molecule has 1 aliphatic carbocycles. The molecule has 6 heteroatoms. The van der Waals surface area contributed by atoms with Crippen molar-refractivity contribution in [3.05, 3.63) is 60.2 Å². The van der Waals surface area contributed by atoms with Gasteiger partial charge in [0.2, 0.25) is 5.91 Å². The highest BCUT2D eigenvalue weighted by atomic mass is 32.2. The standard InChI is InChI=1S/C24H30N2O3S/c25-22(24(29)26(15-23(27)28)21-9-5-2-6-10-21)17-30-16-18-11-13-20(14-12-18)19-7-3-1-4-8-19/h1,3-4,7-8,11-14,21-22H,2,5-6,9-10,15-17,25H2,(H,27,28)/t22-/m0/s1. The molecule has 0 saturated heterocycles. The second-order valence-electron chi connectivity index (χ2n) is 7.84. The Labute approximate surface area is 182 Å². The Kier molecular flexibility index (Phi) is 8.34. The fourth-order valence-electron chi connectivity index (χ4n) is 3.94. The Balaban J connectivity index is 1.51. The van der Waals surface area contributed by atoms with E-state index in [1.165, 1.54) is 21.6 Å². The predicted molar refractivity (Wildman–Crippen MR) is 122 cm³/mol. The van der Waals surface area contributed by atoms with Crippen molar-refractivity contribution < 1.29 is 14.7 Å². The number of amides is 1. The molecule has 0 aliphatic heterocycles. The smallest absolute Gasteiger partial charge is 0.323 e. The molecule has 1 amide bonds. The second kappa shape index (κ2) is 11.2. The molecule has 3 N–H and O–H groups in total. The van der Waals surface area contributed by atoms with Crippen molar-refractivity contribution in [3.8, 4) is 11.1 Å². The largest absolute Gasteiger partial charge is 0.480 e. The predicted octanol–water partition coefficient (Wildman–Crippen LogP) is 4.16. The van der Waals surface area contributed by atoms with Gasteiger partial charge in [0, 0.05) is 17.5 Å². The Hall–Kier alpha value is -2.31. The van der Waals surface area contributed by atoms with Crippen molar-refractivity contribution in [2.24, 2.45) is 5.73 Å². The lowest BCUT2D eigenvalue weighted by Crippen LogP contribution is -2.52. The van der Waals surface area contributed by atoms with Crippen LogP contribution < -0.4 is 5.73 Å². The molecular weight excluding hydrogens is 396 g/mol. The van der Waals surface area contributed by atoms with E-state index in [0.29, 0.717) is 5.75 Å². The van der Waals surface area contributed by atoms with Gasteiger partial charge < -0.3 is 15.7 Å². The number of carboxylic acid groups (broad SMARTS) is 1. The zero-order valence-electron chi connectivity index (χ0n) is 17.2. The van der Waals surface area contributed by atoms with Gasteiger partial charge in [0.1, 0.15) is 6.54 Å². The normalized spacial score (nSPS) is 15.5. The van der Waals surface area contributed by atoms with E-state index in [4.69, 9.17) is 5.73 Å². The first-order valence-electron chi connectivity index (χ1n) is 10.5. The Morgan fingerprint density at radius 1 is 1.00 bits per heavy atom. The Morgan fingerprint density at radius 3 is 2.27 bits per heavy atom. The van der Waals surface area contributed by atoms with Gasteiger partial charge in [0.15, 0.2) is 0 Å². The Morgan fingerprint density at radius 2 is 1.63 bits per heavy atom. The molecule has 3 rings (SSSR count). The molecule has 1 aliphatic rings. The summed E-state index contributed by atoms with van der Waals surface area (Å²) in [5, 5.41) is 9.23. The second-order valence-corrected chi connectivity index (χ2v) is 8.87. The van der Waals surface area contributed by atoms with E-state index in [9.17, 15) is 14.7 Å². The highest BCUT2D eigenvalue weighted by molar-refractivity contribution is 7.98. The minimum absolute atomic E-state index is 0.00364. The third-order valence-electron chi connectivity index (χ3n) is 5.55. The summed E-state index contributed by atoms with van der Waals surface area (Å²) in [6.07, 6.45) is 4.96. The van der Waals surface area contributed by atoms with Crippen LogP contribution in [0.3, 0.4) is 0 Å². The number of benzene rings is 2. The van der Waals surface area contributed by atoms with Gasteiger partial charge in [-0.3, -0.25) is 9.59 Å². The first-order chi connectivity index (χ1) is 14.5. The number of nitrogens with zero attached hydrogens (tertiary/aromatic N) is 1. The van der Waals surface area contributed by atoms with Crippen molar-refractivity contribution >= 4 is 23.6 Å². The van der Waals surface area contributed by atoms with Crippen LogP contribution in [0, 0.1) is 0 Å². The van der Waals surface area contributed by atoms with E-state index in [-0.39, 0.29) is 18.5 Å². The molecule has 0 radical (unpaired) electrons. The van der Waals surface area contributed by atoms with Crippen LogP contribution >= 0.6 is 11.8 Å². The van der Waals surface area contributed by atoms with E-state index in [0.717, 1.165) is 37.9 Å². The SMILES string of the molecule is N[C@@H](CSCc1ccc(-c2ccccc2)cc1)C(=O)N(CC(=O)O)C1CCCCC1. The van der Waals surface area contributed by atoms with Gasteiger partial charge in [0.05, 0.1) is 6.04 Å². The topological polar surface area (TPSA) is 83.6 Å². The number of rotatable bonds is 9. The number of carbonyl (C=O) groups is 2. The van der Waals surface area contributed by atoms with Crippen molar-refractivity contribution in [3.63, 3.8) is 0 Å². The van der Waals surface area contributed by atoms with Crippen LogP contribution in [-0.2, 0) is 15.3 Å². The van der Waals surface area contributed by atoms with E-state index in [2.05, 4.69) is 36.4 Å². The fraction of sp³-hybridized carbons (Fsp3) is 0.417. The highest BCUT2D eigenvalue weighted by Gasteiger charge is 2.30. The maximum atomic E-state index is 12.8. The van der Waals surface area contributed by atoms with Crippen molar-refractivity contribution in [1.82, 2.24) is 4.90 Å². The molecule has 1 atom stereocenters. The van der Waals surface area contributed by atoms with Crippen LogP contribution in [0.4, 0.5) is 0 Å². The number of hydrogen-bond donors (Lipinski definition) is 2. The quantitative estimate of drug-likeness (QED) is 0.629. The minimum Gasteiger partial charge on any atom is -0.480 e. The highest BCUT2D eigenvalue weighted by Crippen LogP contribution is 2.24. The van der Waals surface area contributed by atoms with Gasteiger partial charge in [-0.1, -0.05) is 73.9 Å². The van der Waals surface area contributed by atoms with Crippen LogP contribution in [-0.4, -0.2) is 46.3 Å². The molecule has 1 fully saturated rings. The van der Waals surface area contributed by atoms with Crippen LogP contribution in [0.25, 0.3) is 11.1 Å². The summed E-state index contributed by atoms with van der Waals surface area (Å²) < 4.78 is 0. The third kappa shape index (κ3) is 6.34. The van der Waals surface area contributed by atoms with E-state index in [1.54, 1.807) is 11.8 Å². The average Bonchev–Trinajstić information content (AvgIpc) is 2.78. The van der Waals surface area contributed by atoms with Gasteiger partial charge in [-0.25, -0.2) is 0 Å². The number of hydrogen-bond acceptors (Lipinski definition) is 4. The lowest BCUT2D eigenvalue weighted by molar-refractivity contribution is -0.147. The first kappa shape index (κ1) is 22.4. The molecule has 0 bridgehead atoms. The summed E-state index contributed by atoms with van der Waals surface area (Å²) >= 11 is 1.61. The molecule has 0 heterocycles. The summed E-state index contributed by atoms with van der Waals surface area (Å²) in [5.74, 6) is 0.0177. The number of nitrogens with two attached hydrogens (primary N) is 1. The fourth-order valence-corrected chi connectivity index (χ4v) is 4.88. The summed E-state index contributed by atoms with van der Waals surface area (Å²) in [4.78, 5) is 25.6. The van der Waals surface area contributed by atoms with E-state index >= 15 is 0 Å². The zero-order valence-corrected chi connectivity index (χ0v) is 18.0. The van der Waals surface area contributed by atoms with Crippen LogP contribution in [0.2, 0.25) is 0 Å². The number of carboxylic acids is 1. The molecule has 30 heavy (non-hydrogen) atoms.